The maximum atomic E-state index is 14.4. The van der Waals surface area contributed by atoms with E-state index in [4.69, 9.17) is 5.73 Å². The number of carbonyl (C=O) groups is 9. The molecule has 4 heterocycles. The number of aromatic amines is 1. The van der Waals surface area contributed by atoms with Crippen LogP contribution in [0.15, 0.2) is 29.3 Å². The van der Waals surface area contributed by atoms with Crippen LogP contribution in [0.1, 0.15) is 71.8 Å². The summed E-state index contributed by atoms with van der Waals surface area (Å²) in [6.07, 6.45) is 0.696. The van der Waals surface area contributed by atoms with Gasteiger partial charge in [0, 0.05) is 43.4 Å². The maximum absolute atomic E-state index is 14.4. The van der Waals surface area contributed by atoms with Crippen molar-refractivity contribution < 1.29 is 48.3 Å². The molecule has 338 valence electrons. The van der Waals surface area contributed by atoms with Gasteiger partial charge in [0.2, 0.25) is 47.8 Å². The van der Waals surface area contributed by atoms with Gasteiger partial charge in [-0.3, -0.25) is 43.2 Å². The van der Waals surface area contributed by atoms with E-state index in [-0.39, 0.29) is 37.6 Å². The Balaban J connectivity index is 1.53. The molecule has 2 saturated heterocycles. The Morgan fingerprint density at radius 1 is 0.984 bits per heavy atom. The third-order valence-electron chi connectivity index (χ3n) is 11.8. The van der Waals surface area contributed by atoms with Crippen LogP contribution in [0.3, 0.4) is 0 Å². The zero-order valence-electron chi connectivity index (χ0n) is 35.4. The molecule has 3 aliphatic rings. The molecule has 3 aliphatic heterocycles. The fourth-order valence-corrected chi connectivity index (χ4v) is 8.97. The summed E-state index contributed by atoms with van der Waals surface area (Å²) in [5.74, 6) is -6.66. The number of para-hydroxylation sites is 1. The van der Waals surface area contributed by atoms with Crippen LogP contribution in [0.5, 0.6) is 0 Å². The number of thioether (sulfide) groups is 1. The predicted octanol–water partition coefficient (Wildman–Crippen LogP) is -1.50. The number of H-pyrrole nitrogens is 1. The van der Waals surface area contributed by atoms with E-state index in [2.05, 4.69) is 36.9 Å². The number of primary amides is 1. The van der Waals surface area contributed by atoms with Gasteiger partial charge in [0.25, 0.3) is 5.91 Å². The highest BCUT2D eigenvalue weighted by molar-refractivity contribution is 8.00. The van der Waals surface area contributed by atoms with E-state index in [1.165, 1.54) is 0 Å². The van der Waals surface area contributed by atoms with Crippen LogP contribution < -0.4 is 37.6 Å². The number of rotatable bonds is 13. The zero-order chi connectivity index (χ0) is 45.2. The van der Waals surface area contributed by atoms with E-state index < -0.39 is 102 Å². The number of hydrogen-bond donors (Lipinski definition) is 9. The highest BCUT2D eigenvalue weighted by atomic mass is 32.2. The monoisotopic (exact) mass is 882 g/mol. The van der Waals surface area contributed by atoms with Crippen LogP contribution in [0.25, 0.3) is 10.9 Å². The lowest BCUT2D eigenvalue weighted by Crippen LogP contribution is -2.60. The van der Waals surface area contributed by atoms with Crippen molar-refractivity contribution in [3.8, 4) is 0 Å². The number of benzene rings is 1. The fraction of sp³-hybridized carbons (Fsp3) is 0.585. The van der Waals surface area contributed by atoms with Gasteiger partial charge in [-0.15, -0.1) is 0 Å². The predicted molar refractivity (Wildman–Crippen MR) is 226 cm³/mol. The number of aromatic nitrogens is 1. The molecule has 0 spiro atoms. The topological polar surface area (TPSA) is 294 Å². The Morgan fingerprint density at radius 2 is 1.69 bits per heavy atom. The van der Waals surface area contributed by atoms with Crippen molar-refractivity contribution in [1.82, 2.24) is 46.7 Å². The lowest BCUT2D eigenvalue weighted by atomic mass is 9.96. The van der Waals surface area contributed by atoms with Crippen LogP contribution in [0, 0.1) is 11.8 Å². The summed E-state index contributed by atoms with van der Waals surface area (Å²) in [5, 5.41) is 25.9. The molecule has 0 aliphatic carbocycles. The van der Waals surface area contributed by atoms with Gasteiger partial charge in [-0.25, -0.2) is 0 Å². The van der Waals surface area contributed by atoms with Crippen molar-refractivity contribution in [3.63, 3.8) is 0 Å². The molecule has 21 heteroatoms. The molecule has 0 saturated carbocycles. The van der Waals surface area contributed by atoms with Crippen molar-refractivity contribution in [2.45, 2.75) is 119 Å². The number of carbonyl (C=O) groups excluding carboxylic acids is 9. The van der Waals surface area contributed by atoms with E-state index in [1.807, 2.05) is 13.8 Å². The molecule has 62 heavy (non-hydrogen) atoms. The number of nitrogens with two attached hydrogens (primary N) is 1. The highest BCUT2D eigenvalue weighted by Crippen LogP contribution is 2.33. The second-order valence-electron chi connectivity index (χ2n) is 16.2. The lowest BCUT2D eigenvalue weighted by Gasteiger charge is -2.31. The van der Waals surface area contributed by atoms with Crippen LogP contribution in [-0.4, -0.2) is 141 Å². The van der Waals surface area contributed by atoms with E-state index in [9.17, 15) is 48.3 Å². The summed E-state index contributed by atoms with van der Waals surface area (Å²) in [6.45, 7) is 7.58. The molecule has 9 amide bonds. The standard InChI is InChI=1S/C41H58N10O10S/c1-5-21(3)32-36(58)45-27(34(56)43-18-31(55)48-33(22(4)6-2)41(61)50-13-9-10-14-50)16-25-24-11-7-8-12-26(24)47-38(25)62-39(44-20-52)37(59)46-28(17-30(42)54)40(60)51-19-23(53)15-29(51)35(57)49-32/h7-8,11-12,20-23,27-29,32-33,39,47,53H,5-6,9-10,13-19H2,1-4H3,(H2,42,54)(H,43,56)(H,44,52)(H,45,58)(H,46,59)(H,48,55)(H,49,57)/t21?,22-,23+,27-,28?,29?,32-,33?,39?/m0/s1. The Bertz CT molecular complexity index is 2020. The van der Waals surface area contributed by atoms with Gasteiger partial charge in [-0.1, -0.05) is 70.5 Å². The molecule has 0 radical (unpaired) electrons. The van der Waals surface area contributed by atoms with Crippen molar-refractivity contribution in [2.75, 3.05) is 26.2 Å². The second-order valence-corrected chi connectivity index (χ2v) is 17.3. The van der Waals surface area contributed by atoms with E-state index in [1.54, 1.807) is 43.0 Å². The second kappa shape index (κ2) is 21.4. The van der Waals surface area contributed by atoms with Gasteiger partial charge < -0.3 is 57.5 Å². The molecular formula is C41H58N10O10S. The van der Waals surface area contributed by atoms with Gasteiger partial charge in [-0.2, -0.15) is 0 Å². The largest absolute Gasteiger partial charge is 0.391 e. The number of hydrogen-bond acceptors (Lipinski definition) is 11. The minimum absolute atomic E-state index is 0.196. The molecule has 10 N–H and O–H groups in total. The fourth-order valence-electron chi connectivity index (χ4n) is 7.93. The Labute approximate surface area is 363 Å². The van der Waals surface area contributed by atoms with Gasteiger partial charge in [0.1, 0.15) is 30.2 Å². The molecule has 2 fully saturated rings. The average molecular weight is 883 g/mol. The summed E-state index contributed by atoms with van der Waals surface area (Å²) in [6, 6.07) is 0.558. The number of amides is 9. The van der Waals surface area contributed by atoms with Crippen molar-refractivity contribution in [3.05, 3.63) is 29.8 Å². The number of aliphatic hydroxyl groups is 1. The third-order valence-corrected chi connectivity index (χ3v) is 13.0. The number of nitrogens with zero attached hydrogens (tertiary/aromatic N) is 2. The number of fused-ring (bicyclic) bond motifs is 4. The summed E-state index contributed by atoms with van der Waals surface area (Å²) in [7, 11) is 0. The van der Waals surface area contributed by atoms with Gasteiger partial charge in [0.15, 0.2) is 5.37 Å². The first kappa shape index (κ1) is 47.4. The van der Waals surface area contributed by atoms with Gasteiger partial charge >= 0.3 is 0 Å². The average Bonchev–Trinajstić information content (AvgIpc) is 4.01. The molecule has 1 aromatic heterocycles. The first-order chi connectivity index (χ1) is 29.6. The summed E-state index contributed by atoms with van der Waals surface area (Å²) in [4.78, 5) is 127. The van der Waals surface area contributed by atoms with Crippen LogP contribution in [0.4, 0.5) is 0 Å². The quantitative estimate of drug-likeness (QED) is 0.104. The van der Waals surface area contributed by atoms with E-state index >= 15 is 0 Å². The third kappa shape index (κ3) is 11.4. The first-order valence-corrected chi connectivity index (χ1v) is 21.9. The molecule has 2 aromatic rings. The Hall–Kier alpha value is -5.70. The highest BCUT2D eigenvalue weighted by Gasteiger charge is 2.44. The summed E-state index contributed by atoms with van der Waals surface area (Å²) >= 11 is 0.821. The Morgan fingerprint density at radius 3 is 2.35 bits per heavy atom. The summed E-state index contributed by atoms with van der Waals surface area (Å²) in [5.41, 5.74) is 6.48. The van der Waals surface area contributed by atoms with Crippen molar-refractivity contribution >= 4 is 76.3 Å². The zero-order valence-corrected chi connectivity index (χ0v) is 36.2. The Kier molecular flexibility index (Phi) is 16.3. The van der Waals surface area contributed by atoms with Crippen molar-refractivity contribution in [1.29, 1.82) is 0 Å². The van der Waals surface area contributed by atoms with Crippen LogP contribution >= 0.6 is 11.8 Å². The molecule has 9 atom stereocenters. The molecule has 0 bridgehead atoms. The number of likely N-dealkylation sites (tertiary alicyclic amines) is 1. The minimum atomic E-state index is -1.60. The molecule has 5 rings (SSSR count). The lowest BCUT2D eigenvalue weighted by molar-refractivity contribution is -0.143. The number of aliphatic hydroxyl groups excluding tert-OH is 1. The smallest absolute Gasteiger partial charge is 0.254 e. The molecule has 1 aromatic carbocycles. The van der Waals surface area contributed by atoms with Crippen molar-refractivity contribution in [2.24, 2.45) is 17.6 Å². The minimum Gasteiger partial charge on any atom is -0.391 e. The molecule has 20 nitrogen and oxygen atoms in total. The van der Waals surface area contributed by atoms with Gasteiger partial charge in [0.05, 0.1) is 24.1 Å². The molecular weight excluding hydrogens is 825 g/mol. The summed E-state index contributed by atoms with van der Waals surface area (Å²) < 4.78 is 0. The normalized spacial score (nSPS) is 25.2. The SMILES string of the molecule is CCC(C)[C@@H]1NC(=O)C2C[C@@H](O)CN2C(=O)C(CC(N)=O)NC(=O)C(NC=O)Sc2[nH]c3ccccc3c2C[C@@H](C(=O)NCC(=O)NC(C(=O)N2CCCC2)[C@@H](C)CC)NC1=O. The number of nitrogens with one attached hydrogen (secondary N) is 7. The van der Waals surface area contributed by atoms with E-state index in [0.717, 1.165) is 29.5 Å². The van der Waals surface area contributed by atoms with Crippen LogP contribution in [0.2, 0.25) is 0 Å². The first-order valence-electron chi connectivity index (χ1n) is 21.1. The van der Waals surface area contributed by atoms with Gasteiger partial charge in [-0.05, 0) is 36.3 Å². The molecule has 5 unspecified atom stereocenters. The maximum Gasteiger partial charge on any atom is 0.254 e. The van der Waals surface area contributed by atoms with Crippen LogP contribution in [-0.2, 0) is 49.6 Å². The van der Waals surface area contributed by atoms with E-state index in [0.29, 0.717) is 47.4 Å².